The van der Waals surface area contributed by atoms with Crippen molar-refractivity contribution < 1.29 is 14.6 Å². The average molecular weight is 368 g/mol. The number of carbonyl (C=O) groups excluding carboxylic acids is 1. The summed E-state index contributed by atoms with van der Waals surface area (Å²) < 4.78 is 5.88. The largest absolute Gasteiger partial charge is 0.491 e. The van der Waals surface area contributed by atoms with Crippen LogP contribution in [0.15, 0.2) is 36.5 Å². The number of aromatic nitrogens is 1. The lowest BCUT2D eigenvalue weighted by molar-refractivity contribution is -0.0163. The van der Waals surface area contributed by atoms with Gasteiger partial charge in [0.15, 0.2) is 0 Å². The Hall–Kier alpha value is -2.40. The Morgan fingerprint density at radius 3 is 2.74 bits per heavy atom. The first-order chi connectivity index (χ1) is 12.9. The van der Waals surface area contributed by atoms with Gasteiger partial charge >= 0.3 is 0 Å². The Morgan fingerprint density at radius 2 is 2.00 bits per heavy atom. The molecule has 1 aliphatic rings. The number of carbonyl (C=O) groups is 1. The first-order valence-corrected chi connectivity index (χ1v) is 9.51. The van der Waals surface area contributed by atoms with E-state index in [9.17, 15) is 9.90 Å². The molecule has 0 radical (unpaired) electrons. The number of aryl methyl sites for hydroxylation is 3. The summed E-state index contributed by atoms with van der Waals surface area (Å²) >= 11 is 0. The van der Waals surface area contributed by atoms with Crippen LogP contribution in [0, 0.1) is 20.8 Å². The molecule has 0 spiro atoms. The highest BCUT2D eigenvalue weighted by atomic mass is 16.5. The van der Waals surface area contributed by atoms with Gasteiger partial charge in [-0.15, -0.1) is 0 Å². The van der Waals surface area contributed by atoms with Crippen molar-refractivity contribution >= 4 is 5.91 Å². The monoisotopic (exact) mass is 368 g/mol. The number of hydrogen-bond donors (Lipinski definition) is 1. The fourth-order valence-electron chi connectivity index (χ4n) is 3.43. The van der Waals surface area contributed by atoms with Crippen molar-refractivity contribution in [2.24, 2.45) is 0 Å². The summed E-state index contributed by atoms with van der Waals surface area (Å²) in [4.78, 5) is 18.8. The van der Waals surface area contributed by atoms with Gasteiger partial charge in [0.1, 0.15) is 18.0 Å². The Kier molecular flexibility index (Phi) is 5.80. The zero-order valence-corrected chi connectivity index (χ0v) is 16.4. The Balaban J connectivity index is 1.62. The molecular formula is C22H28N2O3. The van der Waals surface area contributed by atoms with Gasteiger partial charge < -0.3 is 14.7 Å². The summed E-state index contributed by atoms with van der Waals surface area (Å²) in [5.41, 5.74) is 2.84. The van der Waals surface area contributed by atoms with Gasteiger partial charge in [-0.1, -0.05) is 6.07 Å². The average Bonchev–Trinajstić information content (AvgIpc) is 2.85. The second kappa shape index (κ2) is 8.09. The number of benzene rings is 1. The molecule has 0 saturated carbocycles. The van der Waals surface area contributed by atoms with Crippen molar-refractivity contribution in [2.45, 2.75) is 45.6 Å². The van der Waals surface area contributed by atoms with Crippen LogP contribution >= 0.6 is 0 Å². The third-order valence-electron chi connectivity index (χ3n) is 5.43. The zero-order chi connectivity index (χ0) is 19.4. The molecule has 1 unspecified atom stereocenters. The SMILES string of the molecule is Cc1ccc(OCC2(O)CCCN(C(=O)c3cccnc3C)CC2)cc1C. The number of amides is 1. The van der Waals surface area contributed by atoms with Gasteiger partial charge in [-0.05, 0) is 75.4 Å². The van der Waals surface area contributed by atoms with Gasteiger partial charge in [-0.25, -0.2) is 0 Å². The van der Waals surface area contributed by atoms with Gasteiger partial charge in [0.05, 0.1) is 5.56 Å². The second-order valence-corrected chi connectivity index (χ2v) is 7.54. The van der Waals surface area contributed by atoms with E-state index in [4.69, 9.17) is 4.74 Å². The van der Waals surface area contributed by atoms with Gasteiger partial charge in [-0.3, -0.25) is 9.78 Å². The maximum Gasteiger partial charge on any atom is 0.255 e. The summed E-state index contributed by atoms with van der Waals surface area (Å²) in [6.45, 7) is 7.35. The minimum absolute atomic E-state index is 0.0140. The third kappa shape index (κ3) is 4.66. The highest BCUT2D eigenvalue weighted by Crippen LogP contribution is 2.26. The molecule has 1 aliphatic heterocycles. The molecule has 144 valence electrons. The van der Waals surface area contributed by atoms with Crippen molar-refractivity contribution in [3.8, 4) is 5.75 Å². The number of likely N-dealkylation sites (tertiary alicyclic amines) is 1. The van der Waals surface area contributed by atoms with Crippen molar-refractivity contribution in [1.29, 1.82) is 0 Å². The Morgan fingerprint density at radius 1 is 1.19 bits per heavy atom. The first kappa shape index (κ1) is 19.4. The molecule has 1 aromatic heterocycles. The molecule has 1 N–H and O–H groups in total. The number of hydrogen-bond acceptors (Lipinski definition) is 4. The van der Waals surface area contributed by atoms with Crippen molar-refractivity contribution in [2.75, 3.05) is 19.7 Å². The molecule has 27 heavy (non-hydrogen) atoms. The van der Waals surface area contributed by atoms with Crippen LogP contribution in [0.25, 0.3) is 0 Å². The van der Waals surface area contributed by atoms with Crippen LogP contribution in [0.1, 0.15) is 46.4 Å². The number of nitrogens with zero attached hydrogens (tertiary/aromatic N) is 2. The van der Waals surface area contributed by atoms with E-state index in [1.165, 1.54) is 11.1 Å². The van der Waals surface area contributed by atoms with E-state index in [0.29, 0.717) is 31.5 Å². The van der Waals surface area contributed by atoms with Gasteiger partial charge in [0, 0.05) is 25.0 Å². The summed E-state index contributed by atoms with van der Waals surface area (Å²) in [6, 6.07) is 9.55. The molecule has 1 aromatic carbocycles. The highest BCUT2D eigenvalue weighted by molar-refractivity contribution is 5.95. The van der Waals surface area contributed by atoms with Crippen molar-refractivity contribution in [3.63, 3.8) is 0 Å². The molecule has 1 amide bonds. The lowest BCUT2D eigenvalue weighted by Crippen LogP contribution is -2.38. The fraction of sp³-hybridized carbons (Fsp3) is 0.455. The van der Waals surface area contributed by atoms with Crippen LogP contribution < -0.4 is 4.74 Å². The second-order valence-electron chi connectivity index (χ2n) is 7.54. The van der Waals surface area contributed by atoms with Crippen molar-refractivity contribution in [1.82, 2.24) is 9.88 Å². The standard InChI is InChI=1S/C22H28N2O3/c1-16-7-8-19(14-17(16)2)27-15-22(26)9-5-12-24(13-10-22)21(25)20-6-4-11-23-18(20)3/h4,6-8,11,14,26H,5,9-10,12-13,15H2,1-3H3. The van der Waals surface area contributed by atoms with E-state index >= 15 is 0 Å². The van der Waals surface area contributed by atoms with E-state index in [2.05, 4.69) is 11.9 Å². The topological polar surface area (TPSA) is 62.7 Å². The number of pyridine rings is 1. The first-order valence-electron chi connectivity index (χ1n) is 9.51. The van der Waals surface area contributed by atoms with E-state index in [0.717, 1.165) is 17.9 Å². The number of ether oxygens (including phenoxy) is 1. The summed E-state index contributed by atoms with van der Waals surface area (Å²) in [5.74, 6) is 0.759. The molecular weight excluding hydrogens is 340 g/mol. The predicted molar refractivity (Wildman–Crippen MR) is 105 cm³/mol. The zero-order valence-electron chi connectivity index (χ0n) is 16.4. The molecule has 1 atom stereocenters. The van der Waals surface area contributed by atoms with Gasteiger partial charge in [0.25, 0.3) is 5.91 Å². The molecule has 2 heterocycles. The van der Waals surface area contributed by atoms with Gasteiger partial charge in [-0.2, -0.15) is 0 Å². The normalized spacial score (nSPS) is 20.2. The van der Waals surface area contributed by atoms with E-state index in [1.807, 2.05) is 43.0 Å². The molecule has 0 aliphatic carbocycles. The minimum atomic E-state index is -0.919. The smallest absolute Gasteiger partial charge is 0.255 e. The van der Waals surface area contributed by atoms with E-state index in [1.54, 1.807) is 12.3 Å². The molecule has 3 rings (SSSR count). The number of rotatable bonds is 4. The highest BCUT2D eigenvalue weighted by Gasteiger charge is 2.33. The maximum absolute atomic E-state index is 12.8. The van der Waals surface area contributed by atoms with E-state index in [-0.39, 0.29) is 12.5 Å². The van der Waals surface area contributed by atoms with Crippen LogP contribution in [0.3, 0.4) is 0 Å². The van der Waals surface area contributed by atoms with Crippen LogP contribution in [0.4, 0.5) is 0 Å². The quantitative estimate of drug-likeness (QED) is 0.898. The maximum atomic E-state index is 12.8. The lowest BCUT2D eigenvalue weighted by Gasteiger charge is -2.27. The van der Waals surface area contributed by atoms with Gasteiger partial charge in [0.2, 0.25) is 0 Å². The molecule has 0 bridgehead atoms. The van der Waals surface area contributed by atoms with E-state index < -0.39 is 5.60 Å². The molecule has 2 aromatic rings. The fourth-order valence-corrected chi connectivity index (χ4v) is 3.43. The number of aliphatic hydroxyl groups is 1. The Labute approximate surface area is 161 Å². The third-order valence-corrected chi connectivity index (χ3v) is 5.43. The van der Waals surface area contributed by atoms with Crippen LogP contribution in [-0.4, -0.2) is 46.2 Å². The summed E-state index contributed by atoms with van der Waals surface area (Å²) in [7, 11) is 0. The van der Waals surface area contributed by atoms with Crippen LogP contribution in [-0.2, 0) is 0 Å². The minimum Gasteiger partial charge on any atom is -0.491 e. The Bertz CT molecular complexity index is 821. The summed E-state index contributed by atoms with van der Waals surface area (Å²) in [6.07, 6.45) is 3.56. The van der Waals surface area contributed by atoms with Crippen LogP contribution in [0.2, 0.25) is 0 Å². The molecule has 1 saturated heterocycles. The summed E-state index contributed by atoms with van der Waals surface area (Å²) in [5, 5.41) is 11.0. The van der Waals surface area contributed by atoms with Crippen LogP contribution in [0.5, 0.6) is 5.75 Å². The predicted octanol–water partition coefficient (Wildman–Crippen LogP) is 3.44. The lowest BCUT2D eigenvalue weighted by atomic mass is 9.96. The molecule has 5 nitrogen and oxygen atoms in total. The molecule has 1 fully saturated rings. The van der Waals surface area contributed by atoms with Crippen molar-refractivity contribution in [3.05, 3.63) is 58.9 Å². The molecule has 5 heteroatoms.